The predicted octanol–water partition coefficient (Wildman–Crippen LogP) is 1.09. The Hall–Kier alpha value is -0.160. The van der Waals surface area contributed by atoms with E-state index in [1.165, 1.54) is 0 Å². The molecule has 96 valence electrons. The van der Waals surface area contributed by atoms with Crippen LogP contribution < -0.4 is 0 Å². The highest BCUT2D eigenvalue weighted by atomic mass is 16.5. The fourth-order valence-corrected chi connectivity index (χ4v) is 2.04. The molecule has 4 nitrogen and oxygen atoms in total. The molecule has 0 unspecified atom stereocenters. The quantitative estimate of drug-likeness (QED) is 0.748. The van der Waals surface area contributed by atoms with Gasteiger partial charge in [0.2, 0.25) is 0 Å². The molecule has 2 fully saturated rings. The van der Waals surface area contributed by atoms with E-state index in [9.17, 15) is 0 Å². The number of aliphatic hydroxyl groups excluding tert-OH is 2. The number of hydrogen-bond acceptors (Lipinski definition) is 4. The van der Waals surface area contributed by atoms with Gasteiger partial charge < -0.3 is 19.7 Å². The van der Waals surface area contributed by atoms with E-state index in [4.69, 9.17) is 19.7 Å². The first-order valence-corrected chi connectivity index (χ1v) is 6.18. The molecule has 0 aliphatic carbocycles. The fraction of sp³-hybridized carbons (Fsp3) is 1.00. The third-order valence-electron chi connectivity index (χ3n) is 3.05. The molecule has 0 radical (unpaired) electrons. The summed E-state index contributed by atoms with van der Waals surface area (Å²) < 4.78 is 10.5. The lowest BCUT2D eigenvalue weighted by atomic mass is 10.2. The average molecular weight is 232 g/mol. The van der Waals surface area contributed by atoms with Gasteiger partial charge in [-0.2, -0.15) is 0 Å². The number of ether oxygens (including phenoxy) is 2. The lowest BCUT2D eigenvalue weighted by Gasteiger charge is -2.05. The van der Waals surface area contributed by atoms with Gasteiger partial charge in [0.05, 0.1) is 37.6 Å². The van der Waals surface area contributed by atoms with Gasteiger partial charge in [-0.25, -0.2) is 0 Å². The Kier molecular flexibility index (Phi) is 6.28. The molecule has 2 N–H and O–H groups in total. The first-order chi connectivity index (χ1) is 7.65. The SMILES string of the molecule is C[C@@H]1CC[C@H](CO)O1.C[C@H]1CC[C@@H](CO)O1. The maximum Gasteiger partial charge on any atom is 0.0810 e. The van der Waals surface area contributed by atoms with E-state index in [2.05, 4.69) is 0 Å². The number of rotatable bonds is 2. The molecule has 2 saturated heterocycles. The molecule has 2 aliphatic heterocycles. The summed E-state index contributed by atoms with van der Waals surface area (Å²) in [5.74, 6) is 0. The largest absolute Gasteiger partial charge is 0.394 e. The van der Waals surface area contributed by atoms with Crippen LogP contribution in [0, 0.1) is 0 Å². The molecule has 0 aromatic rings. The summed E-state index contributed by atoms with van der Waals surface area (Å²) in [6, 6.07) is 0. The van der Waals surface area contributed by atoms with Gasteiger partial charge in [-0.15, -0.1) is 0 Å². The normalized spacial score (nSPS) is 38.2. The zero-order valence-corrected chi connectivity index (χ0v) is 10.3. The molecule has 0 saturated carbocycles. The van der Waals surface area contributed by atoms with E-state index in [1.54, 1.807) is 0 Å². The van der Waals surface area contributed by atoms with E-state index < -0.39 is 0 Å². The van der Waals surface area contributed by atoms with Crippen molar-refractivity contribution in [1.82, 2.24) is 0 Å². The second-order valence-corrected chi connectivity index (χ2v) is 4.66. The van der Waals surface area contributed by atoms with Gasteiger partial charge in [0, 0.05) is 0 Å². The van der Waals surface area contributed by atoms with Gasteiger partial charge in [-0.05, 0) is 39.5 Å². The van der Waals surface area contributed by atoms with Crippen LogP contribution in [0.15, 0.2) is 0 Å². The zero-order chi connectivity index (χ0) is 12.0. The Morgan fingerprint density at radius 1 is 0.812 bits per heavy atom. The maximum absolute atomic E-state index is 8.56. The van der Waals surface area contributed by atoms with Crippen LogP contribution in [0.3, 0.4) is 0 Å². The third kappa shape index (κ3) is 4.78. The molecule has 0 bridgehead atoms. The molecule has 2 heterocycles. The van der Waals surface area contributed by atoms with E-state index in [0.717, 1.165) is 25.7 Å². The molecule has 4 atom stereocenters. The molecule has 16 heavy (non-hydrogen) atoms. The second kappa shape index (κ2) is 7.22. The van der Waals surface area contributed by atoms with Crippen molar-refractivity contribution in [2.24, 2.45) is 0 Å². The molecule has 0 spiro atoms. The van der Waals surface area contributed by atoms with Crippen molar-refractivity contribution in [1.29, 1.82) is 0 Å². The lowest BCUT2D eigenvalue weighted by Crippen LogP contribution is -2.11. The van der Waals surface area contributed by atoms with Crippen molar-refractivity contribution < 1.29 is 19.7 Å². The van der Waals surface area contributed by atoms with Crippen LogP contribution in [0.1, 0.15) is 39.5 Å². The van der Waals surface area contributed by atoms with Crippen molar-refractivity contribution in [2.75, 3.05) is 13.2 Å². The summed E-state index contributed by atoms with van der Waals surface area (Å²) >= 11 is 0. The highest BCUT2D eigenvalue weighted by molar-refractivity contribution is 4.69. The van der Waals surface area contributed by atoms with Crippen LogP contribution in [0.4, 0.5) is 0 Å². The third-order valence-corrected chi connectivity index (χ3v) is 3.05. The van der Waals surface area contributed by atoms with E-state index >= 15 is 0 Å². The summed E-state index contributed by atoms with van der Waals surface area (Å²) in [5.41, 5.74) is 0. The lowest BCUT2D eigenvalue weighted by molar-refractivity contribution is 0.0198. The smallest absolute Gasteiger partial charge is 0.0810 e. The van der Waals surface area contributed by atoms with E-state index in [-0.39, 0.29) is 25.4 Å². The minimum absolute atomic E-state index is 0.130. The van der Waals surface area contributed by atoms with Crippen molar-refractivity contribution in [3.63, 3.8) is 0 Å². The van der Waals surface area contributed by atoms with Gasteiger partial charge in [-0.1, -0.05) is 0 Å². The highest BCUT2D eigenvalue weighted by Crippen LogP contribution is 2.18. The Morgan fingerprint density at radius 3 is 1.31 bits per heavy atom. The van der Waals surface area contributed by atoms with Crippen molar-refractivity contribution in [3.8, 4) is 0 Å². The van der Waals surface area contributed by atoms with Gasteiger partial charge in [-0.3, -0.25) is 0 Å². The molecule has 4 heteroatoms. The summed E-state index contributed by atoms with van der Waals surface area (Å²) in [5, 5.41) is 17.1. The van der Waals surface area contributed by atoms with Crippen LogP contribution in [0.5, 0.6) is 0 Å². The Balaban J connectivity index is 0.000000160. The fourth-order valence-electron chi connectivity index (χ4n) is 2.04. The van der Waals surface area contributed by atoms with E-state index in [0.29, 0.717) is 12.2 Å². The molecular weight excluding hydrogens is 208 g/mol. The van der Waals surface area contributed by atoms with Gasteiger partial charge in [0.15, 0.2) is 0 Å². The molecule has 0 aromatic carbocycles. The average Bonchev–Trinajstić information content (AvgIpc) is 2.88. The first kappa shape index (κ1) is 13.9. The summed E-state index contributed by atoms with van der Waals surface area (Å²) in [6.07, 6.45) is 5.25. The van der Waals surface area contributed by atoms with Crippen LogP contribution in [-0.4, -0.2) is 47.8 Å². The minimum atomic E-state index is 0.130. The summed E-state index contributed by atoms with van der Waals surface area (Å²) in [6.45, 7) is 4.44. The Labute approximate surface area is 97.6 Å². The Morgan fingerprint density at radius 2 is 1.19 bits per heavy atom. The maximum atomic E-state index is 8.56. The van der Waals surface area contributed by atoms with Crippen molar-refractivity contribution in [3.05, 3.63) is 0 Å². The first-order valence-electron chi connectivity index (χ1n) is 6.18. The van der Waals surface area contributed by atoms with Crippen LogP contribution >= 0.6 is 0 Å². The summed E-state index contributed by atoms with van der Waals surface area (Å²) in [7, 11) is 0. The molecule has 2 rings (SSSR count). The second-order valence-electron chi connectivity index (χ2n) is 4.66. The minimum Gasteiger partial charge on any atom is -0.394 e. The van der Waals surface area contributed by atoms with Crippen molar-refractivity contribution in [2.45, 2.75) is 63.9 Å². The van der Waals surface area contributed by atoms with Gasteiger partial charge in [0.1, 0.15) is 0 Å². The molecule has 0 amide bonds. The standard InChI is InChI=1S/2C6H12O2/c2*1-5-2-3-6(4-7)8-5/h2*5-7H,2-4H2,1H3/t2*5-,6-/m10/s1. The number of hydrogen-bond donors (Lipinski definition) is 2. The highest BCUT2D eigenvalue weighted by Gasteiger charge is 2.20. The van der Waals surface area contributed by atoms with Crippen LogP contribution in [0.25, 0.3) is 0 Å². The van der Waals surface area contributed by atoms with Gasteiger partial charge in [0.25, 0.3) is 0 Å². The van der Waals surface area contributed by atoms with Gasteiger partial charge >= 0.3 is 0 Å². The molecular formula is C12H24O4. The van der Waals surface area contributed by atoms with Crippen LogP contribution in [0.2, 0.25) is 0 Å². The van der Waals surface area contributed by atoms with Crippen LogP contribution in [-0.2, 0) is 9.47 Å². The van der Waals surface area contributed by atoms with Crippen molar-refractivity contribution >= 4 is 0 Å². The van der Waals surface area contributed by atoms with E-state index in [1.807, 2.05) is 13.8 Å². The Bertz CT molecular complexity index is 166. The molecule has 0 aromatic heterocycles. The molecule has 2 aliphatic rings. The predicted molar refractivity (Wildman–Crippen MR) is 61.3 cm³/mol. The number of aliphatic hydroxyl groups is 2. The topological polar surface area (TPSA) is 58.9 Å². The summed E-state index contributed by atoms with van der Waals surface area (Å²) in [4.78, 5) is 0. The monoisotopic (exact) mass is 232 g/mol. The zero-order valence-electron chi connectivity index (χ0n) is 10.3.